The molecular formula is C21H35NO. The van der Waals surface area contributed by atoms with Gasteiger partial charge in [-0.25, -0.2) is 0 Å². The minimum Gasteiger partial charge on any atom is -0.373 e. The van der Waals surface area contributed by atoms with Crippen LogP contribution in [0.4, 0.5) is 0 Å². The topological polar surface area (TPSA) is 12.5 Å². The SMILES string of the molecule is [2H]C([2H])([2H])C(Cc1cccc(C(C)(C)CC)c1)CN1C[C@@H](C)O[C@@H](C)C1. The molecule has 3 atom stereocenters. The lowest BCUT2D eigenvalue weighted by atomic mass is 9.81. The third kappa shape index (κ3) is 5.32. The second-order valence-electron chi connectivity index (χ2n) is 7.81. The molecular weight excluding hydrogens is 282 g/mol. The average Bonchev–Trinajstić information content (AvgIpc) is 2.53. The average molecular weight is 321 g/mol. The van der Waals surface area contributed by atoms with Crippen molar-refractivity contribution in [1.82, 2.24) is 4.90 Å². The molecule has 0 spiro atoms. The Balaban J connectivity index is 2.15. The van der Waals surface area contributed by atoms with Gasteiger partial charge in [-0.2, -0.15) is 0 Å². The highest BCUT2D eigenvalue weighted by Gasteiger charge is 2.23. The van der Waals surface area contributed by atoms with Gasteiger partial charge in [0.25, 0.3) is 0 Å². The van der Waals surface area contributed by atoms with Crippen LogP contribution in [-0.2, 0) is 16.6 Å². The van der Waals surface area contributed by atoms with Crippen LogP contribution in [0.2, 0.25) is 0 Å². The van der Waals surface area contributed by atoms with E-state index in [0.29, 0.717) is 13.0 Å². The molecule has 2 nitrogen and oxygen atoms in total. The van der Waals surface area contributed by atoms with Crippen LogP contribution in [0.15, 0.2) is 24.3 Å². The van der Waals surface area contributed by atoms with Gasteiger partial charge in [0.05, 0.1) is 12.2 Å². The molecule has 1 aliphatic heterocycles. The van der Waals surface area contributed by atoms with E-state index in [1.165, 1.54) is 5.56 Å². The smallest absolute Gasteiger partial charge is 0.0678 e. The zero-order chi connectivity index (χ0) is 19.5. The molecule has 0 amide bonds. The monoisotopic (exact) mass is 320 g/mol. The Hall–Kier alpha value is -0.860. The molecule has 0 saturated carbocycles. The third-order valence-electron chi connectivity index (χ3n) is 5.05. The fourth-order valence-electron chi connectivity index (χ4n) is 3.42. The van der Waals surface area contributed by atoms with E-state index < -0.39 is 6.85 Å². The summed E-state index contributed by atoms with van der Waals surface area (Å²) < 4.78 is 29.9. The van der Waals surface area contributed by atoms with Crippen LogP contribution in [0.25, 0.3) is 0 Å². The highest BCUT2D eigenvalue weighted by molar-refractivity contribution is 5.29. The molecule has 0 bridgehead atoms. The lowest BCUT2D eigenvalue weighted by Gasteiger charge is -2.36. The molecule has 0 aliphatic carbocycles. The zero-order valence-corrected chi connectivity index (χ0v) is 15.4. The largest absolute Gasteiger partial charge is 0.373 e. The fraction of sp³-hybridized carbons (Fsp3) is 0.714. The van der Waals surface area contributed by atoms with Crippen LogP contribution in [-0.4, -0.2) is 36.7 Å². The van der Waals surface area contributed by atoms with E-state index in [4.69, 9.17) is 8.85 Å². The molecule has 1 fully saturated rings. The molecule has 0 N–H and O–H groups in total. The van der Waals surface area contributed by atoms with Crippen LogP contribution in [0.1, 0.15) is 63.1 Å². The highest BCUT2D eigenvalue weighted by atomic mass is 16.5. The van der Waals surface area contributed by atoms with Crippen molar-refractivity contribution >= 4 is 0 Å². The molecule has 23 heavy (non-hydrogen) atoms. The summed E-state index contributed by atoms with van der Waals surface area (Å²) in [5.74, 6) is -0.361. The molecule has 1 aliphatic rings. The van der Waals surface area contributed by atoms with E-state index in [1.807, 2.05) is 0 Å². The first-order valence-electron chi connectivity index (χ1n) is 10.5. The first-order chi connectivity index (χ1) is 12.0. The van der Waals surface area contributed by atoms with Crippen molar-refractivity contribution in [2.75, 3.05) is 19.6 Å². The van der Waals surface area contributed by atoms with Crippen molar-refractivity contribution in [3.05, 3.63) is 35.4 Å². The minimum absolute atomic E-state index is 0.112. The number of hydrogen-bond donors (Lipinski definition) is 0. The predicted octanol–water partition coefficient (Wildman–Crippen LogP) is 4.66. The van der Waals surface area contributed by atoms with Gasteiger partial charge in [-0.05, 0) is 49.1 Å². The van der Waals surface area contributed by atoms with Gasteiger partial charge in [-0.1, -0.05) is 51.9 Å². The normalized spacial score (nSPS) is 27.1. The lowest BCUT2D eigenvalue weighted by molar-refractivity contribution is -0.0708. The summed E-state index contributed by atoms with van der Waals surface area (Å²) in [5, 5.41) is 0. The summed E-state index contributed by atoms with van der Waals surface area (Å²) in [6, 6.07) is 8.49. The van der Waals surface area contributed by atoms with E-state index in [1.54, 1.807) is 0 Å². The number of hydrogen-bond acceptors (Lipinski definition) is 2. The minimum atomic E-state index is -1.96. The maximum absolute atomic E-state index is 8.05. The van der Waals surface area contributed by atoms with Crippen molar-refractivity contribution in [1.29, 1.82) is 0 Å². The lowest BCUT2D eigenvalue weighted by Crippen LogP contribution is -2.47. The molecule has 1 saturated heterocycles. The Labute approximate surface area is 147 Å². The van der Waals surface area contributed by atoms with Gasteiger partial charge in [-0.3, -0.25) is 4.90 Å². The van der Waals surface area contributed by atoms with Gasteiger partial charge in [0.1, 0.15) is 0 Å². The quantitative estimate of drug-likeness (QED) is 0.756. The standard InChI is InChI=1S/C21H35NO/c1-7-21(5,6)20-10-8-9-19(12-20)11-16(2)13-22-14-17(3)23-18(4)15-22/h8-10,12,16-18H,7,11,13-15H2,1-6H3/t16?,17-,18+/i2D3. The number of nitrogens with zero attached hydrogens (tertiary/aromatic N) is 1. The summed E-state index contributed by atoms with van der Waals surface area (Å²) in [7, 11) is 0. The van der Waals surface area contributed by atoms with E-state index in [2.05, 4.69) is 63.8 Å². The predicted molar refractivity (Wildman–Crippen MR) is 99.1 cm³/mol. The molecule has 1 heterocycles. The van der Waals surface area contributed by atoms with Crippen molar-refractivity contribution in [3.8, 4) is 0 Å². The Morgan fingerprint density at radius 1 is 1.30 bits per heavy atom. The Morgan fingerprint density at radius 3 is 2.61 bits per heavy atom. The van der Waals surface area contributed by atoms with E-state index in [0.717, 1.165) is 25.1 Å². The molecule has 2 heteroatoms. The molecule has 1 aromatic carbocycles. The summed E-state index contributed by atoms with van der Waals surface area (Å²) in [6.07, 6.45) is 1.96. The second kappa shape index (κ2) is 7.81. The van der Waals surface area contributed by atoms with Crippen molar-refractivity contribution in [2.24, 2.45) is 5.92 Å². The number of rotatable bonds is 6. The number of benzene rings is 1. The van der Waals surface area contributed by atoms with Gasteiger partial charge < -0.3 is 4.74 Å². The molecule has 2 rings (SSSR count). The fourth-order valence-corrected chi connectivity index (χ4v) is 3.42. The van der Waals surface area contributed by atoms with E-state index >= 15 is 0 Å². The maximum Gasteiger partial charge on any atom is 0.0678 e. The highest BCUT2D eigenvalue weighted by Crippen LogP contribution is 2.27. The van der Waals surface area contributed by atoms with Gasteiger partial charge in [0.15, 0.2) is 0 Å². The maximum atomic E-state index is 8.05. The number of morpholine rings is 1. The van der Waals surface area contributed by atoms with Gasteiger partial charge >= 0.3 is 0 Å². The molecule has 130 valence electrons. The van der Waals surface area contributed by atoms with Gasteiger partial charge in [0, 0.05) is 23.7 Å². The van der Waals surface area contributed by atoms with Crippen LogP contribution in [0.5, 0.6) is 0 Å². The Kier molecular flexibility index (Phi) is 4.92. The Morgan fingerprint density at radius 2 is 2.00 bits per heavy atom. The van der Waals surface area contributed by atoms with Crippen LogP contribution in [0.3, 0.4) is 0 Å². The first kappa shape index (κ1) is 14.5. The van der Waals surface area contributed by atoms with Gasteiger partial charge in [-0.15, -0.1) is 0 Å². The molecule has 0 radical (unpaired) electrons. The van der Waals surface area contributed by atoms with E-state index in [-0.39, 0.29) is 23.5 Å². The summed E-state index contributed by atoms with van der Waals surface area (Å²) in [5.41, 5.74) is 2.52. The number of ether oxygens (including phenoxy) is 1. The Bertz CT molecular complexity index is 575. The van der Waals surface area contributed by atoms with Crippen molar-refractivity contribution < 1.29 is 8.85 Å². The van der Waals surface area contributed by atoms with Crippen molar-refractivity contribution in [3.63, 3.8) is 0 Å². The second-order valence-corrected chi connectivity index (χ2v) is 7.81. The molecule has 1 aromatic rings. The zero-order valence-electron chi connectivity index (χ0n) is 18.4. The van der Waals surface area contributed by atoms with Crippen LogP contribution >= 0.6 is 0 Å². The van der Waals surface area contributed by atoms with Gasteiger partial charge in [0.2, 0.25) is 0 Å². The van der Waals surface area contributed by atoms with Crippen LogP contribution < -0.4 is 0 Å². The summed E-state index contributed by atoms with van der Waals surface area (Å²) >= 11 is 0. The summed E-state index contributed by atoms with van der Waals surface area (Å²) in [6.45, 7) is 11.0. The van der Waals surface area contributed by atoms with Crippen LogP contribution in [0, 0.1) is 5.92 Å². The molecule has 1 unspecified atom stereocenters. The summed E-state index contributed by atoms with van der Waals surface area (Å²) in [4.78, 5) is 2.26. The molecule has 0 aromatic heterocycles. The third-order valence-corrected chi connectivity index (χ3v) is 5.05. The van der Waals surface area contributed by atoms with Crippen molar-refractivity contribution in [2.45, 2.75) is 71.9 Å². The first-order valence-corrected chi connectivity index (χ1v) is 8.98. The van der Waals surface area contributed by atoms with E-state index in [9.17, 15) is 0 Å².